The van der Waals surface area contributed by atoms with Gasteiger partial charge >= 0.3 is 0 Å². The third-order valence-corrected chi connectivity index (χ3v) is 15.0. The highest BCUT2D eigenvalue weighted by molar-refractivity contribution is 6.13. The lowest BCUT2D eigenvalue weighted by molar-refractivity contribution is 0.660. The van der Waals surface area contributed by atoms with Crippen LogP contribution in [-0.2, 0) is 10.8 Å². The minimum Gasteiger partial charge on any atom is -0.310 e. The number of nitrogens with zero attached hydrogens (tertiary/aromatic N) is 2. The molecule has 1 aliphatic heterocycles. The summed E-state index contributed by atoms with van der Waals surface area (Å²) in [6.45, 7) is 4.73. The third-order valence-electron chi connectivity index (χ3n) is 15.0. The predicted molar refractivity (Wildman–Crippen MR) is 267 cm³/mol. The molecule has 0 fully saturated rings. The first-order valence-electron chi connectivity index (χ1n) is 22.5. The van der Waals surface area contributed by atoms with Crippen LogP contribution in [0.15, 0.2) is 218 Å². The van der Waals surface area contributed by atoms with Gasteiger partial charge in [0.1, 0.15) is 0 Å². The Morgan fingerprint density at radius 1 is 0.359 bits per heavy atom. The molecule has 11 aromatic rings. The first-order chi connectivity index (χ1) is 31.5. The lowest BCUT2D eigenvalue weighted by Crippen LogP contribution is -2.33. The predicted octanol–water partition coefficient (Wildman–Crippen LogP) is 16.1. The standard InChI is InChI=1S/C62H42N2/c1-61(2)52-20-8-5-16-46(52)48-35-33-45(38-56(48)61)63(44-32-28-39-14-3-4-15-41(39)36-44)43-30-26-40(27-31-43)42-29-34-49-47-17-6-9-21-53(47)62(57(49)37-42)54-22-10-12-25-59(54)64-58-24-11-7-18-50(58)51-19-13-23-55(62)60(51)64/h3-38H,1-2H3. The molecular formula is C62H42N2. The van der Waals surface area contributed by atoms with E-state index in [0.717, 1.165) is 17.1 Å². The number of benzene rings is 10. The molecule has 1 unspecified atom stereocenters. The maximum Gasteiger partial charge on any atom is 0.0754 e. The molecule has 1 aromatic heterocycles. The second kappa shape index (κ2) is 12.8. The summed E-state index contributed by atoms with van der Waals surface area (Å²) >= 11 is 0. The van der Waals surface area contributed by atoms with Gasteiger partial charge in [0, 0.05) is 33.2 Å². The summed E-state index contributed by atoms with van der Waals surface area (Å²) < 4.78 is 2.52. The molecule has 0 radical (unpaired) electrons. The van der Waals surface area contributed by atoms with Gasteiger partial charge in [-0.2, -0.15) is 0 Å². The Bertz CT molecular complexity index is 3770. The number of hydrogen-bond donors (Lipinski definition) is 0. The molecule has 1 spiro atoms. The largest absolute Gasteiger partial charge is 0.310 e. The fourth-order valence-corrected chi connectivity index (χ4v) is 12.1. The molecule has 0 bridgehead atoms. The number of hydrogen-bond acceptors (Lipinski definition) is 1. The quantitative estimate of drug-likeness (QED) is 0.172. The fraction of sp³-hybridized carbons (Fsp3) is 0.0645. The van der Waals surface area contributed by atoms with Crippen molar-refractivity contribution in [2.45, 2.75) is 24.7 Å². The Balaban J connectivity index is 0.942. The van der Waals surface area contributed by atoms with Crippen molar-refractivity contribution < 1.29 is 0 Å². The summed E-state index contributed by atoms with van der Waals surface area (Å²) in [5, 5.41) is 5.05. The SMILES string of the molecule is CC1(C)c2ccccc2-c2ccc(N(c3ccc(-c4ccc5c(c4)C4(c6ccccc6-5)c5ccccc5-n5c6ccccc6c6cccc4c65)cc3)c3ccc4ccccc4c3)cc21. The Morgan fingerprint density at radius 2 is 0.938 bits per heavy atom. The normalized spacial score (nSPS) is 15.8. The summed E-state index contributed by atoms with van der Waals surface area (Å²) in [5.41, 5.74) is 22.4. The van der Waals surface area contributed by atoms with Crippen molar-refractivity contribution in [2.75, 3.05) is 4.90 Å². The van der Waals surface area contributed by atoms with Crippen LogP contribution in [0, 0.1) is 0 Å². The van der Waals surface area contributed by atoms with Crippen molar-refractivity contribution in [2.24, 2.45) is 0 Å². The van der Waals surface area contributed by atoms with Gasteiger partial charge in [0.15, 0.2) is 0 Å². The molecule has 2 heterocycles. The second-order valence-corrected chi connectivity index (χ2v) is 18.4. The van der Waals surface area contributed by atoms with E-state index in [0.29, 0.717) is 0 Å². The average molecular weight is 815 g/mol. The van der Waals surface area contributed by atoms with Gasteiger partial charge in [0.25, 0.3) is 0 Å². The van der Waals surface area contributed by atoms with E-state index < -0.39 is 5.41 Å². The van der Waals surface area contributed by atoms with Gasteiger partial charge < -0.3 is 9.47 Å². The van der Waals surface area contributed by atoms with Gasteiger partial charge in [0.2, 0.25) is 0 Å². The molecule has 14 rings (SSSR count). The first kappa shape index (κ1) is 35.6. The second-order valence-electron chi connectivity index (χ2n) is 18.4. The molecule has 0 N–H and O–H groups in total. The smallest absolute Gasteiger partial charge is 0.0754 e. The lowest BCUT2D eigenvalue weighted by Gasteiger charge is -2.39. The van der Waals surface area contributed by atoms with E-state index in [2.05, 4.69) is 242 Å². The summed E-state index contributed by atoms with van der Waals surface area (Å²) in [6, 6.07) is 82.0. The summed E-state index contributed by atoms with van der Waals surface area (Å²) in [4.78, 5) is 2.43. The van der Waals surface area contributed by atoms with Crippen LogP contribution in [0.4, 0.5) is 17.1 Å². The monoisotopic (exact) mass is 814 g/mol. The maximum absolute atomic E-state index is 2.52. The van der Waals surface area contributed by atoms with E-state index in [-0.39, 0.29) is 5.41 Å². The van der Waals surface area contributed by atoms with Crippen LogP contribution in [0.5, 0.6) is 0 Å². The van der Waals surface area contributed by atoms with Gasteiger partial charge in [-0.15, -0.1) is 0 Å². The summed E-state index contributed by atoms with van der Waals surface area (Å²) in [6.07, 6.45) is 0. The Labute approximate surface area is 372 Å². The van der Waals surface area contributed by atoms with Crippen LogP contribution >= 0.6 is 0 Å². The highest BCUT2D eigenvalue weighted by Gasteiger charge is 2.51. The molecule has 0 saturated heterocycles. The van der Waals surface area contributed by atoms with Gasteiger partial charge in [-0.05, 0) is 132 Å². The van der Waals surface area contributed by atoms with Crippen LogP contribution < -0.4 is 4.90 Å². The molecule has 10 aromatic carbocycles. The maximum atomic E-state index is 2.52. The van der Waals surface area contributed by atoms with Crippen LogP contribution in [0.3, 0.4) is 0 Å². The van der Waals surface area contributed by atoms with Gasteiger partial charge in [0.05, 0.1) is 22.1 Å². The molecule has 64 heavy (non-hydrogen) atoms. The lowest BCUT2D eigenvalue weighted by atomic mass is 9.65. The highest BCUT2D eigenvalue weighted by atomic mass is 15.1. The Hall–Kier alpha value is -7.94. The van der Waals surface area contributed by atoms with Crippen molar-refractivity contribution in [3.63, 3.8) is 0 Å². The zero-order valence-electron chi connectivity index (χ0n) is 35.7. The Morgan fingerprint density at radius 3 is 1.80 bits per heavy atom. The Kier molecular flexibility index (Phi) is 7.13. The molecule has 2 aliphatic carbocycles. The molecule has 2 heteroatoms. The fourth-order valence-electron chi connectivity index (χ4n) is 12.1. The molecular weight excluding hydrogens is 773 g/mol. The third kappa shape index (κ3) is 4.59. The van der Waals surface area contributed by atoms with Gasteiger partial charge in [-0.3, -0.25) is 0 Å². The van der Waals surface area contributed by atoms with E-state index in [9.17, 15) is 0 Å². The molecule has 0 amide bonds. The van der Waals surface area contributed by atoms with Crippen LogP contribution in [0.2, 0.25) is 0 Å². The van der Waals surface area contributed by atoms with Crippen molar-refractivity contribution in [1.29, 1.82) is 0 Å². The van der Waals surface area contributed by atoms with Crippen LogP contribution in [0.25, 0.3) is 71.6 Å². The van der Waals surface area contributed by atoms with Crippen molar-refractivity contribution in [3.05, 3.63) is 252 Å². The minimum atomic E-state index is -0.490. The number of para-hydroxylation sites is 3. The highest BCUT2D eigenvalue weighted by Crippen LogP contribution is 2.61. The van der Waals surface area contributed by atoms with Crippen molar-refractivity contribution in [1.82, 2.24) is 4.57 Å². The zero-order chi connectivity index (χ0) is 42.3. The van der Waals surface area contributed by atoms with E-state index >= 15 is 0 Å². The van der Waals surface area contributed by atoms with Crippen LogP contribution in [-0.4, -0.2) is 4.57 Å². The molecule has 2 nitrogen and oxygen atoms in total. The van der Waals surface area contributed by atoms with Crippen LogP contribution in [0.1, 0.15) is 47.2 Å². The summed E-state index contributed by atoms with van der Waals surface area (Å²) in [5.74, 6) is 0. The van der Waals surface area contributed by atoms with Gasteiger partial charge in [-0.1, -0.05) is 178 Å². The minimum absolute atomic E-state index is 0.105. The van der Waals surface area contributed by atoms with E-state index in [1.165, 1.54) is 105 Å². The number of aromatic nitrogens is 1. The summed E-state index contributed by atoms with van der Waals surface area (Å²) in [7, 11) is 0. The van der Waals surface area contributed by atoms with E-state index in [4.69, 9.17) is 0 Å². The number of rotatable bonds is 4. The van der Waals surface area contributed by atoms with E-state index in [1.54, 1.807) is 0 Å². The molecule has 1 atom stereocenters. The average Bonchev–Trinajstić information content (AvgIpc) is 3.92. The topological polar surface area (TPSA) is 8.17 Å². The van der Waals surface area contributed by atoms with Crippen molar-refractivity contribution in [3.8, 4) is 39.1 Å². The molecule has 300 valence electrons. The van der Waals surface area contributed by atoms with Crippen molar-refractivity contribution >= 4 is 49.6 Å². The number of fused-ring (bicyclic) bond motifs is 16. The van der Waals surface area contributed by atoms with Gasteiger partial charge in [-0.25, -0.2) is 0 Å². The zero-order valence-corrected chi connectivity index (χ0v) is 35.7. The van der Waals surface area contributed by atoms with E-state index in [1.807, 2.05) is 0 Å². The molecule has 3 aliphatic rings. The number of anilines is 3. The first-order valence-corrected chi connectivity index (χ1v) is 22.5. The molecule has 0 saturated carbocycles.